The Morgan fingerprint density at radius 2 is 1.58 bits per heavy atom. The Hall–Kier alpha value is -2.63. The molecule has 0 heterocycles. The minimum atomic E-state index is -0.920. The summed E-state index contributed by atoms with van der Waals surface area (Å²) in [7, 11) is 0. The highest BCUT2D eigenvalue weighted by atomic mass is 16.4. The number of carbonyl (C=O) groups is 3. The largest absolute Gasteiger partial charge is 0.481 e. The molecular weight excluding hydrogens is 332 g/mol. The van der Waals surface area contributed by atoms with Crippen LogP contribution in [0, 0.1) is 23.7 Å². The van der Waals surface area contributed by atoms with E-state index >= 15 is 0 Å². The van der Waals surface area contributed by atoms with E-state index in [1.54, 1.807) is 24.3 Å². The molecule has 1 fully saturated rings. The van der Waals surface area contributed by atoms with Crippen LogP contribution in [0.3, 0.4) is 0 Å². The van der Waals surface area contributed by atoms with Crippen LogP contribution in [0.5, 0.6) is 0 Å². The minimum absolute atomic E-state index is 0.0158. The lowest BCUT2D eigenvalue weighted by molar-refractivity contribution is -0.146. The van der Waals surface area contributed by atoms with Crippen molar-refractivity contribution >= 4 is 23.5 Å². The molecule has 1 saturated carbocycles. The van der Waals surface area contributed by atoms with Gasteiger partial charge in [-0.2, -0.15) is 0 Å². The van der Waals surface area contributed by atoms with E-state index in [-0.39, 0.29) is 29.2 Å². The van der Waals surface area contributed by atoms with Crippen LogP contribution < -0.4 is 10.6 Å². The summed E-state index contributed by atoms with van der Waals surface area (Å²) in [5, 5.41) is 15.1. The number of carboxylic acids is 1. The highest BCUT2D eigenvalue weighted by Gasteiger charge is 2.51. The van der Waals surface area contributed by atoms with Gasteiger partial charge >= 0.3 is 5.97 Å². The van der Waals surface area contributed by atoms with Crippen molar-refractivity contribution in [3.05, 3.63) is 42.0 Å². The maximum absolute atomic E-state index is 12.6. The summed E-state index contributed by atoms with van der Waals surface area (Å²) in [4.78, 5) is 36.3. The SMILES string of the molecule is CC(C)(C)NC(=O)c1ccc(NC(=O)[C@H]2[C@@H](C(=O)O)[C@H]3C=C[C@H]2C3)cc1. The first kappa shape index (κ1) is 18.2. The number of carbonyl (C=O) groups excluding carboxylic acids is 2. The third-order valence-electron chi connectivity index (χ3n) is 4.95. The number of fused-ring (bicyclic) bond motifs is 2. The van der Waals surface area contributed by atoms with Crippen molar-refractivity contribution in [2.45, 2.75) is 32.7 Å². The highest BCUT2D eigenvalue weighted by molar-refractivity contribution is 5.98. The van der Waals surface area contributed by atoms with Crippen LogP contribution in [0.25, 0.3) is 0 Å². The van der Waals surface area contributed by atoms with Crippen molar-refractivity contribution in [1.29, 1.82) is 0 Å². The molecule has 138 valence electrons. The first-order valence-electron chi connectivity index (χ1n) is 8.80. The normalized spacial score (nSPS) is 26.6. The van der Waals surface area contributed by atoms with Crippen LogP contribution in [0.1, 0.15) is 37.6 Å². The Balaban J connectivity index is 1.68. The van der Waals surface area contributed by atoms with Crippen LogP contribution in [0.2, 0.25) is 0 Å². The maximum atomic E-state index is 12.6. The molecule has 26 heavy (non-hydrogen) atoms. The van der Waals surface area contributed by atoms with Gasteiger partial charge in [-0.05, 0) is 63.3 Å². The number of hydrogen-bond acceptors (Lipinski definition) is 3. The number of rotatable bonds is 4. The highest BCUT2D eigenvalue weighted by Crippen LogP contribution is 2.48. The third kappa shape index (κ3) is 3.64. The van der Waals surface area contributed by atoms with Crippen LogP contribution in [0.4, 0.5) is 5.69 Å². The fourth-order valence-corrected chi connectivity index (χ4v) is 3.86. The monoisotopic (exact) mass is 356 g/mol. The molecule has 6 nitrogen and oxygen atoms in total. The van der Waals surface area contributed by atoms with Gasteiger partial charge in [0, 0.05) is 16.8 Å². The molecule has 2 amide bonds. The van der Waals surface area contributed by atoms with Crippen molar-refractivity contribution < 1.29 is 19.5 Å². The van der Waals surface area contributed by atoms with E-state index in [2.05, 4.69) is 10.6 Å². The molecule has 1 aromatic carbocycles. The van der Waals surface area contributed by atoms with Gasteiger partial charge in [0.15, 0.2) is 0 Å². The van der Waals surface area contributed by atoms with Gasteiger partial charge in [-0.3, -0.25) is 14.4 Å². The summed E-state index contributed by atoms with van der Waals surface area (Å²) in [5.41, 5.74) is 0.730. The summed E-state index contributed by atoms with van der Waals surface area (Å²) in [5.74, 6) is -2.67. The topological polar surface area (TPSA) is 95.5 Å². The summed E-state index contributed by atoms with van der Waals surface area (Å²) >= 11 is 0. The zero-order valence-electron chi connectivity index (χ0n) is 15.2. The van der Waals surface area contributed by atoms with Crippen molar-refractivity contribution in [2.75, 3.05) is 5.32 Å². The Bertz CT molecular complexity index is 761. The van der Waals surface area contributed by atoms with E-state index in [1.165, 1.54) is 0 Å². The van der Waals surface area contributed by atoms with Crippen molar-refractivity contribution in [1.82, 2.24) is 5.32 Å². The van der Waals surface area contributed by atoms with Crippen LogP contribution in [-0.4, -0.2) is 28.4 Å². The average molecular weight is 356 g/mol. The maximum Gasteiger partial charge on any atom is 0.307 e. The summed E-state index contributed by atoms with van der Waals surface area (Å²) in [6, 6.07) is 6.61. The molecular formula is C20H24N2O4. The third-order valence-corrected chi connectivity index (χ3v) is 4.95. The molecule has 0 unspecified atom stereocenters. The number of hydrogen-bond donors (Lipinski definition) is 3. The van der Waals surface area contributed by atoms with E-state index in [1.807, 2.05) is 32.9 Å². The molecule has 0 spiro atoms. The molecule has 3 rings (SSSR count). The number of carboxylic acid groups (broad SMARTS) is 1. The molecule has 3 N–H and O–H groups in total. The molecule has 0 saturated heterocycles. The van der Waals surface area contributed by atoms with E-state index < -0.39 is 17.8 Å². The number of amides is 2. The van der Waals surface area contributed by atoms with Crippen molar-refractivity contribution in [3.63, 3.8) is 0 Å². The first-order chi connectivity index (χ1) is 12.2. The van der Waals surface area contributed by atoms with Crippen LogP contribution in [0.15, 0.2) is 36.4 Å². The molecule has 2 bridgehead atoms. The molecule has 0 aromatic heterocycles. The first-order valence-corrected chi connectivity index (χ1v) is 8.80. The van der Waals surface area contributed by atoms with Gasteiger partial charge < -0.3 is 15.7 Å². The van der Waals surface area contributed by atoms with Crippen LogP contribution in [-0.2, 0) is 9.59 Å². The fraction of sp³-hybridized carbons (Fsp3) is 0.450. The molecule has 1 aromatic rings. The smallest absolute Gasteiger partial charge is 0.307 e. The summed E-state index contributed by atoms with van der Waals surface area (Å²) in [6.45, 7) is 5.71. The average Bonchev–Trinajstić information content (AvgIpc) is 3.14. The predicted octanol–water partition coefficient (Wildman–Crippen LogP) is 2.68. The number of anilines is 1. The van der Waals surface area contributed by atoms with Crippen molar-refractivity contribution in [3.8, 4) is 0 Å². The van der Waals surface area contributed by atoms with Gasteiger partial charge in [-0.1, -0.05) is 12.2 Å². The lowest BCUT2D eigenvalue weighted by Gasteiger charge is -2.24. The molecule has 4 atom stereocenters. The van der Waals surface area contributed by atoms with Crippen LogP contribution >= 0.6 is 0 Å². The minimum Gasteiger partial charge on any atom is -0.481 e. The number of aliphatic carboxylic acids is 1. The Labute approximate surface area is 152 Å². The van der Waals surface area contributed by atoms with Gasteiger partial charge in [0.1, 0.15) is 0 Å². The second-order valence-electron chi connectivity index (χ2n) is 8.11. The summed E-state index contributed by atoms with van der Waals surface area (Å²) in [6.07, 6.45) is 4.59. The fourth-order valence-electron chi connectivity index (χ4n) is 3.86. The second kappa shape index (κ2) is 6.59. The zero-order chi connectivity index (χ0) is 19.1. The molecule has 2 aliphatic rings. The number of allylic oxidation sites excluding steroid dienone is 2. The molecule has 6 heteroatoms. The van der Waals surface area contributed by atoms with Crippen molar-refractivity contribution in [2.24, 2.45) is 23.7 Å². The predicted molar refractivity (Wildman–Crippen MR) is 97.6 cm³/mol. The van der Waals surface area contributed by atoms with E-state index in [9.17, 15) is 19.5 Å². The van der Waals surface area contributed by atoms with Gasteiger partial charge in [-0.25, -0.2) is 0 Å². The second-order valence-corrected chi connectivity index (χ2v) is 8.11. The summed E-state index contributed by atoms with van der Waals surface area (Å²) < 4.78 is 0. The van der Waals surface area contributed by atoms with E-state index in [0.29, 0.717) is 11.3 Å². The molecule has 0 radical (unpaired) electrons. The number of benzene rings is 1. The van der Waals surface area contributed by atoms with Gasteiger partial charge in [0.25, 0.3) is 5.91 Å². The molecule has 2 aliphatic carbocycles. The van der Waals surface area contributed by atoms with Gasteiger partial charge in [0.2, 0.25) is 5.91 Å². The zero-order valence-corrected chi connectivity index (χ0v) is 15.2. The Morgan fingerprint density at radius 1 is 1.00 bits per heavy atom. The lowest BCUT2D eigenvalue weighted by atomic mass is 9.82. The number of nitrogens with one attached hydrogen (secondary N) is 2. The molecule has 0 aliphatic heterocycles. The van der Waals surface area contributed by atoms with Gasteiger partial charge in [-0.15, -0.1) is 0 Å². The standard InChI is InChI=1S/C20H24N2O4/c1-20(2,3)22-17(23)11-6-8-14(9-7-11)21-18(24)15-12-4-5-13(10-12)16(15)19(25)26/h4-9,12-13,15-16H,10H2,1-3H3,(H,21,24)(H,22,23)(H,25,26)/t12-,13-,15+,16-/m0/s1. The lowest BCUT2D eigenvalue weighted by Crippen LogP contribution is -2.40. The Morgan fingerprint density at radius 3 is 2.12 bits per heavy atom. The quantitative estimate of drug-likeness (QED) is 0.723. The van der Waals surface area contributed by atoms with Gasteiger partial charge in [0.05, 0.1) is 11.8 Å². The Kier molecular flexibility index (Phi) is 4.61. The van der Waals surface area contributed by atoms with E-state index in [4.69, 9.17) is 0 Å². The van der Waals surface area contributed by atoms with E-state index in [0.717, 1.165) is 6.42 Å².